The van der Waals surface area contributed by atoms with Crippen molar-refractivity contribution < 1.29 is 23.8 Å². The maximum atomic E-state index is 12.9. The second-order valence-corrected chi connectivity index (χ2v) is 8.24. The molecule has 0 N–H and O–H groups in total. The molecule has 8 heteroatoms. The molecular formula is C26H22N2O5S. The van der Waals surface area contributed by atoms with Gasteiger partial charge in [0.15, 0.2) is 18.1 Å². The molecule has 3 aromatic carbocycles. The summed E-state index contributed by atoms with van der Waals surface area (Å²) < 4.78 is 16.8. The Balaban J connectivity index is 1.44. The molecule has 7 nitrogen and oxygen atoms in total. The number of ether oxygens (including phenoxy) is 3. The molecule has 1 heterocycles. The summed E-state index contributed by atoms with van der Waals surface area (Å²) in [6.45, 7) is 2.50. The highest BCUT2D eigenvalue weighted by Crippen LogP contribution is 2.35. The largest absolute Gasteiger partial charge is 0.491 e. The van der Waals surface area contributed by atoms with Crippen molar-refractivity contribution in [1.29, 1.82) is 5.26 Å². The lowest BCUT2D eigenvalue weighted by atomic mass is 10.1. The fourth-order valence-electron chi connectivity index (χ4n) is 3.52. The van der Waals surface area contributed by atoms with Crippen molar-refractivity contribution in [1.82, 2.24) is 4.90 Å². The van der Waals surface area contributed by atoms with Crippen LogP contribution in [-0.2, 0) is 4.79 Å². The van der Waals surface area contributed by atoms with E-state index in [-0.39, 0.29) is 30.9 Å². The summed E-state index contributed by atoms with van der Waals surface area (Å²) in [4.78, 5) is 26.9. The van der Waals surface area contributed by atoms with E-state index in [4.69, 9.17) is 19.5 Å². The highest BCUT2D eigenvalue weighted by Gasteiger charge is 2.34. The molecule has 0 bridgehead atoms. The number of carbonyl (C=O) groups excluding carboxylic acids is 2. The second-order valence-electron chi connectivity index (χ2n) is 7.25. The first-order valence-electron chi connectivity index (χ1n) is 10.7. The topological polar surface area (TPSA) is 88.9 Å². The van der Waals surface area contributed by atoms with Gasteiger partial charge in [-0.1, -0.05) is 42.5 Å². The van der Waals surface area contributed by atoms with Gasteiger partial charge >= 0.3 is 0 Å². The zero-order chi connectivity index (χ0) is 23.9. The second kappa shape index (κ2) is 10.8. The molecule has 2 amide bonds. The van der Waals surface area contributed by atoms with E-state index in [2.05, 4.69) is 0 Å². The predicted octanol–water partition coefficient (Wildman–Crippen LogP) is 5.26. The van der Waals surface area contributed by atoms with Crippen LogP contribution in [0.25, 0.3) is 16.8 Å². The molecule has 34 heavy (non-hydrogen) atoms. The van der Waals surface area contributed by atoms with Crippen molar-refractivity contribution in [2.24, 2.45) is 0 Å². The summed E-state index contributed by atoms with van der Waals surface area (Å²) in [6.07, 6.45) is 1.65. The Morgan fingerprint density at radius 1 is 0.971 bits per heavy atom. The molecule has 0 unspecified atom stereocenters. The minimum Gasteiger partial charge on any atom is -0.491 e. The van der Waals surface area contributed by atoms with E-state index in [0.29, 0.717) is 34.3 Å². The molecule has 1 aliphatic rings. The van der Waals surface area contributed by atoms with Crippen LogP contribution in [-0.4, -0.2) is 42.4 Å². The molecule has 4 rings (SSSR count). The average Bonchev–Trinajstić information content (AvgIpc) is 3.11. The molecule has 0 spiro atoms. The van der Waals surface area contributed by atoms with Gasteiger partial charge in [-0.2, -0.15) is 5.26 Å². The molecule has 1 aliphatic heterocycles. The molecule has 1 saturated heterocycles. The number of rotatable bonds is 9. The number of nitrogens with zero attached hydrogens (tertiary/aromatic N) is 2. The summed E-state index contributed by atoms with van der Waals surface area (Å²) in [5, 5.41) is 10.4. The molecule has 0 aromatic heterocycles. The van der Waals surface area contributed by atoms with Crippen LogP contribution in [0, 0.1) is 11.3 Å². The van der Waals surface area contributed by atoms with Crippen LogP contribution in [0.15, 0.2) is 65.6 Å². The predicted molar refractivity (Wildman–Crippen MR) is 131 cm³/mol. The van der Waals surface area contributed by atoms with Gasteiger partial charge in [0, 0.05) is 5.39 Å². The van der Waals surface area contributed by atoms with E-state index in [0.717, 1.165) is 22.5 Å². The van der Waals surface area contributed by atoms with Crippen LogP contribution in [0.4, 0.5) is 4.79 Å². The monoisotopic (exact) mass is 474 g/mol. The molecule has 3 aromatic rings. The molecule has 0 atom stereocenters. The average molecular weight is 475 g/mol. The van der Waals surface area contributed by atoms with Gasteiger partial charge in [-0.3, -0.25) is 14.5 Å². The summed E-state index contributed by atoms with van der Waals surface area (Å²) in [7, 11) is 0. The van der Waals surface area contributed by atoms with Gasteiger partial charge in [-0.15, -0.1) is 0 Å². The summed E-state index contributed by atoms with van der Waals surface area (Å²) >= 11 is 0.891. The number of carbonyl (C=O) groups is 2. The lowest BCUT2D eigenvalue weighted by Crippen LogP contribution is -2.32. The van der Waals surface area contributed by atoms with E-state index in [1.807, 2.05) is 55.5 Å². The van der Waals surface area contributed by atoms with Gasteiger partial charge in [0.25, 0.3) is 11.1 Å². The molecule has 1 fully saturated rings. The van der Waals surface area contributed by atoms with Crippen molar-refractivity contribution in [2.75, 3.05) is 26.4 Å². The number of amides is 2. The van der Waals surface area contributed by atoms with Crippen LogP contribution in [0.1, 0.15) is 12.5 Å². The molecule has 172 valence electrons. The molecular weight excluding hydrogens is 452 g/mol. The Labute approximate surface area is 201 Å². The smallest absolute Gasteiger partial charge is 0.293 e. The number of thioether (sulfide) groups is 1. The quantitative estimate of drug-likeness (QED) is 0.391. The van der Waals surface area contributed by atoms with Gasteiger partial charge in [-0.05, 0) is 53.9 Å². The van der Waals surface area contributed by atoms with E-state index in [1.54, 1.807) is 24.3 Å². The number of hydrogen-bond donors (Lipinski definition) is 0. The molecule has 0 saturated carbocycles. The third-order valence-electron chi connectivity index (χ3n) is 5.05. The van der Waals surface area contributed by atoms with E-state index < -0.39 is 0 Å². The van der Waals surface area contributed by atoms with Crippen molar-refractivity contribution in [3.05, 3.63) is 71.1 Å². The zero-order valence-electron chi connectivity index (χ0n) is 18.5. The number of hydrogen-bond acceptors (Lipinski definition) is 7. The summed E-state index contributed by atoms with van der Waals surface area (Å²) in [5.41, 5.74) is 0.685. The summed E-state index contributed by atoms with van der Waals surface area (Å²) in [6, 6.07) is 20.7. The van der Waals surface area contributed by atoms with Crippen molar-refractivity contribution >= 4 is 39.8 Å². The highest BCUT2D eigenvalue weighted by molar-refractivity contribution is 8.18. The van der Waals surface area contributed by atoms with E-state index in [1.165, 1.54) is 4.90 Å². The SMILES string of the molecule is CCOc1cc(/C=C2\SC(=O)N(CCOc3cccc4ccccc34)C2=O)ccc1OCC#N. The maximum Gasteiger partial charge on any atom is 0.293 e. The first kappa shape index (κ1) is 23.2. The standard InChI is InChI=1S/C26H22N2O5S/c1-2-31-23-16-18(10-11-22(23)32-14-12-27)17-24-25(29)28(26(30)34-24)13-15-33-21-9-5-7-19-6-3-4-8-20(19)21/h3-11,16-17H,2,13-15H2,1H3/b24-17-. The first-order valence-corrected chi connectivity index (χ1v) is 11.5. The maximum absolute atomic E-state index is 12.9. The van der Waals surface area contributed by atoms with Crippen molar-refractivity contribution in [3.63, 3.8) is 0 Å². The Morgan fingerprint density at radius 2 is 1.79 bits per heavy atom. The number of imide groups is 1. The van der Waals surface area contributed by atoms with Gasteiger partial charge in [-0.25, -0.2) is 0 Å². The van der Waals surface area contributed by atoms with Crippen LogP contribution in [0.5, 0.6) is 17.2 Å². The van der Waals surface area contributed by atoms with Gasteiger partial charge in [0.05, 0.1) is 18.1 Å². The van der Waals surface area contributed by atoms with Crippen molar-refractivity contribution in [2.45, 2.75) is 6.92 Å². The Morgan fingerprint density at radius 3 is 2.62 bits per heavy atom. The molecule has 0 radical (unpaired) electrons. The Kier molecular flexibility index (Phi) is 7.35. The van der Waals surface area contributed by atoms with Gasteiger partial charge in [0.1, 0.15) is 18.4 Å². The van der Waals surface area contributed by atoms with E-state index >= 15 is 0 Å². The normalized spacial score (nSPS) is 14.5. The number of benzene rings is 3. The van der Waals surface area contributed by atoms with Gasteiger partial charge < -0.3 is 14.2 Å². The Hall–Kier alpha value is -3.96. The van der Waals surface area contributed by atoms with E-state index in [9.17, 15) is 9.59 Å². The third-order valence-corrected chi connectivity index (χ3v) is 5.96. The number of fused-ring (bicyclic) bond motifs is 1. The van der Waals surface area contributed by atoms with Gasteiger partial charge in [0.2, 0.25) is 0 Å². The van der Waals surface area contributed by atoms with Crippen LogP contribution in [0.2, 0.25) is 0 Å². The van der Waals surface area contributed by atoms with Crippen LogP contribution < -0.4 is 14.2 Å². The lowest BCUT2D eigenvalue weighted by Gasteiger charge is -2.14. The molecule has 0 aliphatic carbocycles. The van der Waals surface area contributed by atoms with Crippen LogP contribution in [0.3, 0.4) is 0 Å². The first-order chi connectivity index (χ1) is 16.6. The minimum atomic E-state index is -0.362. The number of nitriles is 1. The fraction of sp³-hybridized carbons (Fsp3) is 0.192. The summed E-state index contributed by atoms with van der Waals surface area (Å²) in [5.74, 6) is 1.26. The highest BCUT2D eigenvalue weighted by atomic mass is 32.2. The third kappa shape index (κ3) is 5.16. The van der Waals surface area contributed by atoms with Crippen LogP contribution >= 0.6 is 11.8 Å². The zero-order valence-corrected chi connectivity index (χ0v) is 19.3. The lowest BCUT2D eigenvalue weighted by molar-refractivity contribution is -0.123. The fourth-order valence-corrected chi connectivity index (χ4v) is 4.39. The Bertz CT molecular complexity index is 1290. The minimum absolute atomic E-state index is 0.0981. The van der Waals surface area contributed by atoms with Crippen molar-refractivity contribution in [3.8, 4) is 23.3 Å².